The Kier molecular flexibility index (Phi) is 4.38. The molecule has 108 valence electrons. The largest absolute Gasteiger partial charge is 0.507 e. The molecule has 0 bridgehead atoms. The average molecular weight is 274 g/mol. The van der Waals surface area contributed by atoms with E-state index in [9.17, 15) is 5.11 Å². The molecule has 0 saturated heterocycles. The van der Waals surface area contributed by atoms with E-state index in [1.165, 1.54) is 0 Å². The van der Waals surface area contributed by atoms with Crippen molar-refractivity contribution in [3.63, 3.8) is 0 Å². The summed E-state index contributed by atoms with van der Waals surface area (Å²) in [7, 11) is 3.29. The lowest BCUT2D eigenvalue weighted by Gasteiger charge is -2.17. The van der Waals surface area contributed by atoms with Crippen LogP contribution in [-0.2, 0) is 6.42 Å². The number of phenols is 1. The number of benzene rings is 2. The Morgan fingerprint density at radius 3 is 2.40 bits per heavy atom. The van der Waals surface area contributed by atoms with Gasteiger partial charge in [0.1, 0.15) is 5.75 Å². The predicted octanol–water partition coefficient (Wildman–Crippen LogP) is 4.21. The molecule has 3 nitrogen and oxygen atoms in total. The minimum absolute atomic E-state index is 0.290. The fourth-order valence-corrected chi connectivity index (χ4v) is 2.62. The second kappa shape index (κ2) is 6.04. The number of phenolic OH excluding ortho intramolecular Hbond substituents is 1. The second-order valence-electron chi connectivity index (χ2n) is 5.07. The van der Waals surface area contributed by atoms with Crippen molar-refractivity contribution in [1.29, 1.82) is 0 Å². The van der Waals surface area contributed by atoms with E-state index >= 15 is 0 Å². The molecule has 1 N–H and O–H groups in total. The van der Waals surface area contributed by atoms with E-state index in [1.807, 2.05) is 13.0 Å². The summed E-state index contributed by atoms with van der Waals surface area (Å²) in [5.74, 6) is 1.74. The minimum atomic E-state index is 0.290. The number of aryl methyl sites for hydroxylation is 2. The zero-order valence-corrected chi connectivity index (χ0v) is 12.6. The number of aromatic hydroxyl groups is 1. The Morgan fingerprint density at radius 2 is 1.80 bits per heavy atom. The lowest BCUT2D eigenvalue weighted by atomic mass is 9.96. The van der Waals surface area contributed by atoms with E-state index in [-0.39, 0.29) is 0 Å². The Balaban J connectivity index is 2.78. The van der Waals surface area contributed by atoms with Gasteiger partial charge >= 0.3 is 0 Å². The number of rotatable bonds is 5. The Morgan fingerprint density at radius 1 is 1.05 bits per heavy atom. The summed E-state index contributed by atoms with van der Waals surface area (Å²) < 4.78 is 11.0. The molecule has 0 saturated carbocycles. The SMILES string of the molecule is CCCCc1c(OC)c(OC)cc2c(O)cc(C)cc12. The quantitative estimate of drug-likeness (QED) is 0.887. The number of methoxy groups -OCH3 is 2. The van der Waals surface area contributed by atoms with Crippen LogP contribution in [0, 0.1) is 6.92 Å². The molecule has 20 heavy (non-hydrogen) atoms. The molecular weight excluding hydrogens is 252 g/mol. The van der Waals surface area contributed by atoms with Crippen molar-refractivity contribution in [3.8, 4) is 17.2 Å². The van der Waals surface area contributed by atoms with Crippen molar-refractivity contribution >= 4 is 10.8 Å². The minimum Gasteiger partial charge on any atom is -0.507 e. The molecule has 0 spiro atoms. The topological polar surface area (TPSA) is 38.7 Å². The zero-order valence-electron chi connectivity index (χ0n) is 12.6. The summed E-state index contributed by atoms with van der Waals surface area (Å²) in [5.41, 5.74) is 2.16. The van der Waals surface area contributed by atoms with Crippen LogP contribution in [0.3, 0.4) is 0 Å². The van der Waals surface area contributed by atoms with Gasteiger partial charge in [0.15, 0.2) is 11.5 Å². The maximum Gasteiger partial charge on any atom is 0.164 e. The van der Waals surface area contributed by atoms with Crippen LogP contribution in [0.25, 0.3) is 10.8 Å². The molecule has 0 aromatic heterocycles. The Bertz CT molecular complexity index is 617. The van der Waals surface area contributed by atoms with E-state index in [0.717, 1.165) is 46.9 Å². The van der Waals surface area contributed by atoms with Gasteiger partial charge in [-0.25, -0.2) is 0 Å². The summed E-state index contributed by atoms with van der Waals surface area (Å²) in [6.07, 6.45) is 3.10. The van der Waals surface area contributed by atoms with Gasteiger partial charge in [-0.2, -0.15) is 0 Å². The average Bonchev–Trinajstić information content (AvgIpc) is 2.43. The molecule has 2 aromatic rings. The van der Waals surface area contributed by atoms with Crippen molar-refractivity contribution in [1.82, 2.24) is 0 Å². The first kappa shape index (κ1) is 14.5. The fraction of sp³-hybridized carbons (Fsp3) is 0.412. The van der Waals surface area contributed by atoms with Crippen LogP contribution < -0.4 is 9.47 Å². The van der Waals surface area contributed by atoms with E-state index in [0.29, 0.717) is 11.5 Å². The van der Waals surface area contributed by atoms with Crippen LogP contribution in [0.4, 0.5) is 0 Å². The molecular formula is C17H22O3. The van der Waals surface area contributed by atoms with Crippen LogP contribution in [0.1, 0.15) is 30.9 Å². The normalized spacial score (nSPS) is 10.8. The van der Waals surface area contributed by atoms with Gasteiger partial charge in [-0.3, -0.25) is 0 Å². The highest BCUT2D eigenvalue weighted by atomic mass is 16.5. The molecule has 0 aliphatic carbocycles. The smallest absolute Gasteiger partial charge is 0.164 e. The van der Waals surface area contributed by atoms with Gasteiger partial charge in [-0.1, -0.05) is 19.4 Å². The number of unbranched alkanes of at least 4 members (excludes halogenated alkanes) is 1. The lowest BCUT2D eigenvalue weighted by Crippen LogP contribution is -1.98. The van der Waals surface area contributed by atoms with Crippen molar-refractivity contribution < 1.29 is 14.6 Å². The van der Waals surface area contributed by atoms with E-state index in [2.05, 4.69) is 13.0 Å². The summed E-state index contributed by atoms with van der Waals surface area (Å²) in [5, 5.41) is 12.1. The highest BCUT2D eigenvalue weighted by Gasteiger charge is 2.16. The molecule has 2 rings (SSSR count). The summed E-state index contributed by atoms with van der Waals surface area (Å²) in [6, 6.07) is 5.72. The molecule has 0 radical (unpaired) electrons. The van der Waals surface area contributed by atoms with Gasteiger partial charge in [0.25, 0.3) is 0 Å². The summed E-state index contributed by atoms with van der Waals surface area (Å²) >= 11 is 0. The molecule has 2 aromatic carbocycles. The summed E-state index contributed by atoms with van der Waals surface area (Å²) in [4.78, 5) is 0. The first-order chi connectivity index (χ1) is 9.62. The van der Waals surface area contributed by atoms with Crippen LogP contribution in [0.5, 0.6) is 17.2 Å². The van der Waals surface area contributed by atoms with Gasteiger partial charge in [0, 0.05) is 10.9 Å². The van der Waals surface area contributed by atoms with Crippen molar-refractivity contribution in [2.45, 2.75) is 33.1 Å². The Labute approximate surface area is 120 Å². The lowest BCUT2D eigenvalue weighted by molar-refractivity contribution is 0.352. The third kappa shape index (κ3) is 2.53. The molecule has 0 heterocycles. The van der Waals surface area contributed by atoms with Crippen molar-refractivity contribution in [2.24, 2.45) is 0 Å². The highest BCUT2D eigenvalue weighted by molar-refractivity contribution is 5.95. The second-order valence-corrected chi connectivity index (χ2v) is 5.07. The monoisotopic (exact) mass is 274 g/mol. The molecule has 0 aliphatic rings. The summed E-state index contributed by atoms with van der Waals surface area (Å²) in [6.45, 7) is 4.15. The molecule has 0 fully saturated rings. The van der Waals surface area contributed by atoms with Gasteiger partial charge in [-0.15, -0.1) is 0 Å². The molecule has 0 atom stereocenters. The molecule has 0 unspecified atom stereocenters. The molecule has 0 amide bonds. The number of ether oxygens (including phenoxy) is 2. The van der Waals surface area contributed by atoms with E-state index in [1.54, 1.807) is 20.3 Å². The third-order valence-electron chi connectivity index (χ3n) is 3.61. The first-order valence-electron chi connectivity index (χ1n) is 6.99. The van der Waals surface area contributed by atoms with Crippen molar-refractivity contribution in [2.75, 3.05) is 14.2 Å². The van der Waals surface area contributed by atoms with Gasteiger partial charge in [0.2, 0.25) is 0 Å². The van der Waals surface area contributed by atoms with Crippen LogP contribution in [0.2, 0.25) is 0 Å². The highest BCUT2D eigenvalue weighted by Crippen LogP contribution is 2.41. The van der Waals surface area contributed by atoms with Crippen LogP contribution >= 0.6 is 0 Å². The standard InChI is InChI=1S/C17H22O3/c1-5-6-7-12-13-8-11(2)9-15(18)14(13)10-16(19-3)17(12)20-4/h8-10,18H,5-7H2,1-4H3. The number of hydrogen-bond donors (Lipinski definition) is 1. The van der Waals surface area contributed by atoms with E-state index < -0.39 is 0 Å². The maximum atomic E-state index is 10.2. The zero-order chi connectivity index (χ0) is 14.7. The third-order valence-corrected chi connectivity index (χ3v) is 3.61. The van der Waals surface area contributed by atoms with Gasteiger partial charge < -0.3 is 14.6 Å². The predicted molar refractivity (Wildman–Crippen MR) is 82.1 cm³/mol. The van der Waals surface area contributed by atoms with Crippen molar-refractivity contribution in [3.05, 3.63) is 29.3 Å². The van der Waals surface area contributed by atoms with Gasteiger partial charge in [-0.05, 0) is 42.8 Å². The number of fused-ring (bicyclic) bond motifs is 1. The maximum absolute atomic E-state index is 10.2. The van der Waals surface area contributed by atoms with E-state index in [4.69, 9.17) is 9.47 Å². The van der Waals surface area contributed by atoms with Gasteiger partial charge in [0.05, 0.1) is 14.2 Å². The first-order valence-corrected chi connectivity index (χ1v) is 6.99. The fourth-order valence-electron chi connectivity index (χ4n) is 2.62. The molecule has 0 aliphatic heterocycles. The van der Waals surface area contributed by atoms with Crippen LogP contribution in [0.15, 0.2) is 18.2 Å². The Hall–Kier alpha value is -1.90. The molecule has 3 heteroatoms. The van der Waals surface area contributed by atoms with Crippen LogP contribution in [-0.4, -0.2) is 19.3 Å². The number of hydrogen-bond acceptors (Lipinski definition) is 3.